The van der Waals surface area contributed by atoms with Gasteiger partial charge in [0.05, 0.1) is 4.90 Å². The van der Waals surface area contributed by atoms with Gasteiger partial charge in [0.15, 0.2) is 23.3 Å². The molecule has 0 saturated heterocycles. The number of fused-ring (bicyclic) bond motifs is 20. The number of aromatic amines is 2. The number of nitrogens with one attached hydrogen (secondary N) is 2. The zero-order valence-corrected chi connectivity index (χ0v) is 24.8. The van der Waals surface area contributed by atoms with Crippen LogP contribution in [-0.2, 0) is 26.5 Å². The molecule has 0 spiro atoms. The Morgan fingerprint density at radius 3 is 1.31 bits per heavy atom. The van der Waals surface area contributed by atoms with Crippen LogP contribution < -0.4 is 5.14 Å². The molecule has 4 aromatic carbocycles. The van der Waals surface area contributed by atoms with Gasteiger partial charge in [0.25, 0.3) is 0 Å². The van der Waals surface area contributed by atoms with E-state index < -0.39 is 10.0 Å². The van der Waals surface area contributed by atoms with Crippen molar-refractivity contribution in [2.75, 3.05) is 0 Å². The Bertz CT molecular complexity index is 2660. The van der Waals surface area contributed by atoms with E-state index in [4.69, 9.17) is 35.0 Å². The number of H-pyrrole nitrogens is 2. The molecular formula is C32H19N9NiO2S. The molecule has 9 rings (SSSR count). The Kier molecular flexibility index (Phi) is 5.94. The van der Waals surface area contributed by atoms with Gasteiger partial charge in [0.1, 0.15) is 22.6 Å². The third-order valence-corrected chi connectivity index (χ3v) is 8.80. The fraction of sp³-hybridized carbons (Fsp3) is 0. The van der Waals surface area contributed by atoms with Crippen LogP contribution in [0.1, 0.15) is 0 Å². The Balaban J connectivity index is 0.00000300. The summed E-state index contributed by atoms with van der Waals surface area (Å²) >= 11 is 0. The Labute approximate surface area is 264 Å². The van der Waals surface area contributed by atoms with Crippen LogP contribution in [0.5, 0.6) is 0 Å². The molecule has 220 valence electrons. The molecule has 11 nitrogen and oxygen atoms in total. The number of sulfonamides is 1. The summed E-state index contributed by atoms with van der Waals surface area (Å²) in [5.41, 5.74) is 4.95. The topological polar surface area (TPSA) is 169 Å². The zero-order chi connectivity index (χ0) is 29.6. The first kappa shape index (κ1) is 27.2. The molecule has 0 radical (unpaired) electrons. The number of hydrogen-bond donors (Lipinski definition) is 3. The van der Waals surface area contributed by atoms with Crippen molar-refractivity contribution in [3.05, 3.63) is 91.0 Å². The van der Waals surface area contributed by atoms with Gasteiger partial charge < -0.3 is 9.97 Å². The van der Waals surface area contributed by atoms with Crippen molar-refractivity contribution in [1.29, 1.82) is 0 Å². The molecule has 8 bridgehead atoms. The van der Waals surface area contributed by atoms with E-state index >= 15 is 0 Å². The molecule has 0 saturated carbocycles. The SMILES string of the molecule is NS(=O)(=O)c1cccc2c3nc4nc(nc5[nH]c(nc6nc(nc([nH]3)c12)-c1ccccc1-6)c1ccccc51)-c1ccccc1-4.[Ni]. The van der Waals surface area contributed by atoms with Gasteiger partial charge in [0, 0.05) is 60.3 Å². The van der Waals surface area contributed by atoms with Crippen LogP contribution in [0.4, 0.5) is 0 Å². The number of primary sulfonamides is 1. The van der Waals surface area contributed by atoms with Gasteiger partial charge in [-0.1, -0.05) is 84.9 Å². The smallest absolute Gasteiger partial charge is 0.238 e. The molecule has 0 unspecified atom stereocenters. The van der Waals surface area contributed by atoms with Crippen molar-refractivity contribution in [1.82, 2.24) is 39.9 Å². The molecule has 0 fully saturated rings. The second kappa shape index (κ2) is 9.83. The number of aromatic nitrogens is 8. The second-order valence-electron chi connectivity index (χ2n) is 10.5. The number of hydrogen-bond acceptors (Lipinski definition) is 8. The summed E-state index contributed by atoms with van der Waals surface area (Å²) < 4.78 is 25.5. The van der Waals surface area contributed by atoms with E-state index in [9.17, 15) is 8.42 Å². The average molecular weight is 652 g/mol. The van der Waals surface area contributed by atoms with Crippen LogP contribution in [0.3, 0.4) is 0 Å². The van der Waals surface area contributed by atoms with Crippen molar-refractivity contribution in [3.63, 3.8) is 0 Å². The van der Waals surface area contributed by atoms with E-state index in [2.05, 4.69) is 9.97 Å². The molecule has 0 amide bonds. The fourth-order valence-corrected chi connectivity index (χ4v) is 6.65. The Morgan fingerprint density at radius 1 is 0.467 bits per heavy atom. The molecule has 13 heteroatoms. The van der Waals surface area contributed by atoms with Gasteiger partial charge in [-0.15, -0.1) is 0 Å². The Morgan fingerprint density at radius 2 is 0.844 bits per heavy atom. The quantitative estimate of drug-likeness (QED) is 0.195. The van der Waals surface area contributed by atoms with Crippen molar-refractivity contribution in [2.45, 2.75) is 4.90 Å². The van der Waals surface area contributed by atoms with Gasteiger partial charge in [-0.3, -0.25) is 0 Å². The zero-order valence-electron chi connectivity index (χ0n) is 23.0. The molecule has 2 aliphatic rings. The molecule has 5 heterocycles. The first-order chi connectivity index (χ1) is 21.4. The predicted molar refractivity (Wildman–Crippen MR) is 167 cm³/mol. The molecule has 7 aromatic rings. The standard InChI is InChI=1S/C32H19N9O2S.Ni/c33-44(42,43)23-15-7-14-22-24(23)32-40-30-21-13-6-5-12-20(21)28(38-30)36-26-17-9-2-1-8-16(17)25(34-26)35-27-18-10-3-4-11-19(18)29(37-27)39-31(22)41-32;/h1-15H,(H2,33,42,43)(H2,34,35,36,37,38,39,40,41);. The monoisotopic (exact) mass is 651 g/mol. The van der Waals surface area contributed by atoms with E-state index in [1.54, 1.807) is 12.1 Å². The maximum absolute atomic E-state index is 12.7. The summed E-state index contributed by atoms with van der Waals surface area (Å²) in [6, 6.07) is 28.0. The summed E-state index contributed by atoms with van der Waals surface area (Å²) in [6.07, 6.45) is 0. The first-order valence-electron chi connectivity index (χ1n) is 13.7. The minimum Gasteiger partial charge on any atom is -0.324 e. The molecule has 3 aromatic heterocycles. The molecule has 45 heavy (non-hydrogen) atoms. The maximum atomic E-state index is 12.7. The normalized spacial score (nSPS) is 12.1. The van der Waals surface area contributed by atoms with Crippen molar-refractivity contribution < 1.29 is 24.9 Å². The van der Waals surface area contributed by atoms with E-state index in [0.29, 0.717) is 51.0 Å². The van der Waals surface area contributed by atoms with Crippen LogP contribution in [0.15, 0.2) is 95.9 Å². The summed E-state index contributed by atoms with van der Waals surface area (Å²) in [6.45, 7) is 0. The molecule has 4 N–H and O–H groups in total. The summed E-state index contributed by atoms with van der Waals surface area (Å²) in [5, 5.41) is 8.26. The Hall–Kier alpha value is -5.36. The fourth-order valence-electron chi connectivity index (χ4n) is 5.90. The van der Waals surface area contributed by atoms with Crippen molar-refractivity contribution in [2.24, 2.45) is 5.14 Å². The van der Waals surface area contributed by atoms with Gasteiger partial charge in [-0.25, -0.2) is 43.5 Å². The van der Waals surface area contributed by atoms with Gasteiger partial charge in [0.2, 0.25) is 10.0 Å². The summed E-state index contributed by atoms with van der Waals surface area (Å²) in [4.78, 5) is 35.9. The van der Waals surface area contributed by atoms with Crippen LogP contribution in [0.2, 0.25) is 0 Å². The van der Waals surface area contributed by atoms with E-state index in [-0.39, 0.29) is 27.0 Å². The molecule has 0 aliphatic carbocycles. The molecule has 2 aliphatic heterocycles. The number of nitrogens with zero attached hydrogens (tertiary/aromatic N) is 6. The first-order valence-corrected chi connectivity index (χ1v) is 15.2. The predicted octanol–water partition coefficient (Wildman–Crippen LogP) is 5.51. The van der Waals surface area contributed by atoms with E-state index in [1.165, 1.54) is 6.07 Å². The number of rotatable bonds is 1. The number of benzene rings is 4. The minimum absolute atomic E-state index is 0. The third-order valence-electron chi connectivity index (χ3n) is 7.85. The number of nitrogens with two attached hydrogens (primary N) is 1. The van der Waals surface area contributed by atoms with Crippen molar-refractivity contribution in [3.8, 4) is 45.6 Å². The van der Waals surface area contributed by atoms with Crippen LogP contribution in [0, 0.1) is 0 Å². The minimum atomic E-state index is -4.12. The average Bonchev–Trinajstić information content (AvgIpc) is 3.76. The van der Waals surface area contributed by atoms with Crippen LogP contribution in [0.25, 0.3) is 89.7 Å². The van der Waals surface area contributed by atoms with Crippen molar-refractivity contribution >= 4 is 54.2 Å². The van der Waals surface area contributed by atoms with Gasteiger partial charge in [-0.05, 0) is 6.07 Å². The summed E-state index contributed by atoms with van der Waals surface area (Å²) in [5.74, 6) is 1.72. The maximum Gasteiger partial charge on any atom is 0.238 e. The van der Waals surface area contributed by atoms with Crippen LogP contribution in [-0.4, -0.2) is 48.3 Å². The third kappa shape index (κ3) is 4.16. The summed E-state index contributed by atoms with van der Waals surface area (Å²) in [7, 11) is -4.12. The van der Waals surface area contributed by atoms with Crippen LogP contribution >= 0.6 is 0 Å². The molecular weight excluding hydrogens is 633 g/mol. The van der Waals surface area contributed by atoms with E-state index in [1.807, 2.05) is 72.8 Å². The van der Waals surface area contributed by atoms with Gasteiger partial charge >= 0.3 is 0 Å². The largest absolute Gasteiger partial charge is 0.324 e. The van der Waals surface area contributed by atoms with Gasteiger partial charge in [-0.2, -0.15) is 0 Å². The molecule has 0 atom stereocenters. The second-order valence-corrected chi connectivity index (χ2v) is 12.0. The van der Waals surface area contributed by atoms with E-state index in [0.717, 1.165) is 33.0 Å².